The first kappa shape index (κ1) is 13.8. The van der Waals surface area contributed by atoms with Gasteiger partial charge in [-0.2, -0.15) is 0 Å². The number of aromatic carboxylic acids is 1. The van der Waals surface area contributed by atoms with Crippen LogP contribution in [0.15, 0.2) is 13.4 Å². The van der Waals surface area contributed by atoms with E-state index in [9.17, 15) is 9.90 Å². The maximum Gasteiger partial charge on any atom is 0.340 e. The number of carbonyl (C=O) groups is 1. The standard InChI is InChI=1S/C9H7Br3O4/c1-2-16-8-6(12)5(11)4(10)3(7(8)13)9(14)15/h13H,2H2,1H3,(H,14,15). The lowest BCUT2D eigenvalue weighted by molar-refractivity contribution is 0.0691. The Balaban J connectivity index is 3.58. The van der Waals surface area contributed by atoms with Crippen LogP contribution in [0.4, 0.5) is 0 Å². The van der Waals surface area contributed by atoms with Crippen molar-refractivity contribution in [2.24, 2.45) is 0 Å². The molecule has 1 aromatic carbocycles. The lowest BCUT2D eigenvalue weighted by atomic mass is 10.2. The number of phenols is 1. The Morgan fingerprint density at radius 1 is 1.25 bits per heavy atom. The summed E-state index contributed by atoms with van der Waals surface area (Å²) in [5, 5.41) is 18.8. The van der Waals surface area contributed by atoms with Crippen molar-refractivity contribution < 1.29 is 19.7 Å². The van der Waals surface area contributed by atoms with Gasteiger partial charge >= 0.3 is 5.97 Å². The molecule has 0 saturated carbocycles. The first-order valence-electron chi connectivity index (χ1n) is 4.17. The van der Waals surface area contributed by atoms with Crippen LogP contribution in [0.25, 0.3) is 0 Å². The molecular formula is C9H7Br3O4. The van der Waals surface area contributed by atoms with Gasteiger partial charge in [0.2, 0.25) is 0 Å². The second kappa shape index (κ2) is 5.37. The first-order valence-corrected chi connectivity index (χ1v) is 6.55. The van der Waals surface area contributed by atoms with E-state index in [0.29, 0.717) is 15.6 Å². The summed E-state index contributed by atoms with van der Waals surface area (Å²) in [6.07, 6.45) is 0. The smallest absolute Gasteiger partial charge is 0.340 e. The lowest BCUT2D eigenvalue weighted by Crippen LogP contribution is -2.03. The summed E-state index contributed by atoms with van der Waals surface area (Å²) >= 11 is 9.51. The number of rotatable bonds is 3. The molecule has 0 radical (unpaired) electrons. The molecule has 1 aromatic rings. The van der Waals surface area contributed by atoms with E-state index in [1.807, 2.05) is 0 Å². The van der Waals surface area contributed by atoms with Crippen LogP contribution in [-0.4, -0.2) is 22.8 Å². The topological polar surface area (TPSA) is 66.8 Å². The molecule has 1 rings (SSSR count). The summed E-state index contributed by atoms with van der Waals surface area (Å²) in [6, 6.07) is 0. The minimum atomic E-state index is -1.24. The average molecular weight is 419 g/mol. The highest BCUT2D eigenvalue weighted by Crippen LogP contribution is 2.47. The predicted octanol–water partition coefficient (Wildman–Crippen LogP) is 3.78. The molecule has 0 fully saturated rings. The van der Waals surface area contributed by atoms with Crippen LogP contribution in [0.1, 0.15) is 17.3 Å². The van der Waals surface area contributed by atoms with Gasteiger partial charge in [-0.05, 0) is 54.7 Å². The van der Waals surface area contributed by atoms with Crippen LogP contribution >= 0.6 is 47.8 Å². The molecule has 0 spiro atoms. The van der Waals surface area contributed by atoms with Gasteiger partial charge in [-0.1, -0.05) is 0 Å². The molecule has 7 heteroatoms. The van der Waals surface area contributed by atoms with Gasteiger partial charge < -0.3 is 14.9 Å². The van der Waals surface area contributed by atoms with Gasteiger partial charge in [0.05, 0.1) is 20.0 Å². The number of aromatic hydroxyl groups is 1. The molecule has 0 atom stereocenters. The fraction of sp³-hybridized carbons (Fsp3) is 0.222. The number of halogens is 3. The molecule has 4 nitrogen and oxygen atoms in total. The zero-order valence-corrected chi connectivity index (χ0v) is 12.8. The molecule has 16 heavy (non-hydrogen) atoms. The van der Waals surface area contributed by atoms with E-state index >= 15 is 0 Å². The summed E-state index contributed by atoms with van der Waals surface area (Å²) in [5.74, 6) is -1.54. The molecular weight excluding hydrogens is 412 g/mol. The maximum atomic E-state index is 11.0. The van der Waals surface area contributed by atoms with Gasteiger partial charge in [-0.25, -0.2) is 4.79 Å². The third-order valence-electron chi connectivity index (χ3n) is 1.76. The highest BCUT2D eigenvalue weighted by Gasteiger charge is 2.25. The Kier molecular flexibility index (Phi) is 4.63. The summed E-state index contributed by atoms with van der Waals surface area (Å²) < 4.78 is 6.38. The molecule has 0 amide bonds. The van der Waals surface area contributed by atoms with Gasteiger partial charge in [0, 0.05) is 0 Å². The zero-order chi connectivity index (χ0) is 12.5. The minimum Gasteiger partial charge on any atom is -0.504 e. The molecule has 0 aliphatic rings. The van der Waals surface area contributed by atoms with Gasteiger partial charge in [0.1, 0.15) is 5.56 Å². The Morgan fingerprint density at radius 3 is 2.25 bits per heavy atom. The predicted molar refractivity (Wildman–Crippen MR) is 69.3 cm³/mol. The van der Waals surface area contributed by atoms with Crippen molar-refractivity contribution in [3.05, 3.63) is 19.0 Å². The van der Waals surface area contributed by atoms with Crippen LogP contribution in [0.2, 0.25) is 0 Å². The van der Waals surface area contributed by atoms with Crippen molar-refractivity contribution in [1.82, 2.24) is 0 Å². The SMILES string of the molecule is CCOc1c(O)c(C(=O)O)c(Br)c(Br)c1Br. The summed E-state index contributed by atoms with van der Waals surface area (Å²) in [6.45, 7) is 2.06. The average Bonchev–Trinajstić information content (AvgIpc) is 2.21. The van der Waals surface area contributed by atoms with Crippen LogP contribution < -0.4 is 4.74 Å². The second-order valence-electron chi connectivity index (χ2n) is 2.73. The van der Waals surface area contributed by atoms with E-state index in [0.717, 1.165) is 0 Å². The van der Waals surface area contributed by atoms with Gasteiger partial charge in [0.25, 0.3) is 0 Å². The molecule has 0 unspecified atom stereocenters. The van der Waals surface area contributed by atoms with E-state index < -0.39 is 11.7 Å². The fourth-order valence-electron chi connectivity index (χ4n) is 1.10. The van der Waals surface area contributed by atoms with Gasteiger partial charge in [-0.3, -0.25) is 0 Å². The molecule has 2 N–H and O–H groups in total. The fourth-order valence-corrected chi connectivity index (χ4v) is 2.80. The Hall–Kier alpha value is -0.270. The highest BCUT2D eigenvalue weighted by atomic mass is 79.9. The first-order chi connectivity index (χ1) is 7.41. The van der Waals surface area contributed by atoms with Crippen molar-refractivity contribution in [3.63, 3.8) is 0 Å². The third-order valence-corrected chi connectivity index (χ3v) is 5.17. The van der Waals surface area contributed by atoms with Crippen molar-refractivity contribution >= 4 is 53.8 Å². The zero-order valence-electron chi connectivity index (χ0n) is 8.05. The minimum absolute atomic E-state index is 0.106. The molecule has 0 saturated heterocycles. The van der Waals surface area contributed by atoms with E-state index in [4.69, 9.17) is 9.84 Å². The van der Waals surface area contributed by atoms with E-state index in [1.165, 1.54) is 0 Å². The number of hydrogen-bond acceptors (Lipinski definition) is 3. The largest absolute Gasteiger partial charge is 0.504 e. The van der Waals surface area contributed by atoms with Crippen molar-refractivity contribution in [2.75, 3.05) is 6.61 Å². The highest BCUT2D eigenvalue weighted by molar-refractivity contribution is 9.14. The summed E-state index contributed by atoms with van der Waals surface area (Å²) in [7, 11) is 0. The van der Waals surface area contributed by atoms with E-state index in [2.05, 4.69) is 47.8 Å². The quantitative estimate of drug-likeness (QED) is 0.733. The Morgan fingerprint density at radius 2 is 1.81 bits per heavy atom. The monoisotopic (exact) mass is 416 g/mol. The number of carboxylic acid groups (broad SMARTS) is 1. The maximum absolute atomic E-state index is 11.0. The Labute approximate surface area is 117 Å². The number of carboxylic acids is 1. The number of ether oxygens (including phenoxy) is 1. The Bertz CT molecular complexity index is 445. The van der Waals surface area contributed by atoms with Crippen molar-refractivity contribution in [2.45, 2.75) is 6.92 Å². The number of hydrogen-bond donors (Lipinski definition) is 2. The molecule has 0 aliphatic carbocycles. The van der Waals surface area contributed by atoms with Gasteiger partial charge in [0.15, 0.2) is 11.5 Å². The van der Waals surface area contributed by atoms with E-state index in [-0.39, 0.29) is 15.8 Å². The van der Waals surface area contributed by atoms with Crippen LogP contribution in [0.5, 0.6) is 11.5 Å². The number of benzene rings is 1. The van der Waals surface area contributed by atoms with Crippen molar-refractivity contribution in [3.8, 4) is 11.5 Å². The second-order valence-corrected chi connectivity index (χ2v) is 5.11. The lowest BCUT2D eigenvalue weighted by Gasteiger charge is -2.13. The van der Waals surface area contributed by atoms with Crippen LogP contribution in [0.3, 0.4) is 0 Å². The molecule has 0 heterocycles. The molecule has 0 aromatic heterocycles. The third kappa shape index (κ3) is 2.36. The molecule has 88 valence electrons. The van der Waals surface area contributed by atoms with Crippen LogP contribution in [-0.2, 0) is 0 Å². The van der Waals surface area contributed by atoms with Crippen LogP contribution in [0, 0.1) is 0 Å². The summed E-state index contributed by atoms with van der Waals surface area (Å²) in [5.41, 5.74) is -0.237. The molecule has 0 bridgehead atoms. The van der Waals surface area contributed by atoms with E-state index in [1.54, 1.807) is 6.92 Å². The van der Waals surface area contributed by atoms with Gasteiger partial charge in [-0.15, -0.1) is 0 Å². The summed E-state index contributed by atoms with van der Waals surface area (Å²) in [4.78, 5) is 11.0. The van der Waals surface area contributed by atoms with Crippen molar-refractivity contribution in [1.29, 1.82) is 0 Å². The normalized spacial score (nSPS) is 10.2. The molecule has 0 aliphatic heterocycles.